The van der Waals surface area contributed by atoms with Crippen molar-refractivity contribution < 1.29 is 0 Å². The molecule has 16 rings (SSSR count). The van der Waals surface area contributed by atoms with Gasteiger partial charge in [-0.05, 0) is 183 Å². The average Bonchev–Trinajstić information content (AvgIpc) is 4.21. The number of rotatable bonds is 6. The fraction of sp³-hybridized carbons (Fsp3) is 0.0256. The molecule has 14 aromatic carbocycles. The van der Waals surface area contributed by atoms with Crippen LogP contribution in [-0.4, -0.2) is 0 Å². The van der Waals surface area contributed by atoms with Crippen molar-refractivity contribution in [2.24, 2.45) is 0 Å². The van der Waals surface area contributed by atoms with Crippen molar-refractivity contribution in [1.82, 2.24) is 0 Å². The maximum atomic E-state index is 5.62. The molecule has 0 aliphatic heterocycles. The number of nitrogens with one attached hydrogen (secondary N) is 1. The molecule has 0 bridgehead atoms. The summed E-state index contributed by atoms with van der Waals surface area (Å²) in [7, 11) is 0. The molecular weight excluding hydrogens is 1040 g/mol. The highest BCUT2D eigenvalue weighted by Crippen LogP contribution is 2.59. The van der Waals surface area contributed by atoms with Crippen LogP contribution in [0.5, 0.6) is 0 Å². The molecular formula is C78H55BrN2. The predicted molar refractivity (Wildman–Crippen MR) is 346 cm³/mol. The number of hydrogen-bond donors (Lipinski definition) is 2. The minimum absolute atomic E-state index is 0.346. The van der Waals surface area contributed by atoms with Gasteiger partial charge in [0.2, 0.25) is 0 Å². The number of fused-ring (bicyclic) bond motifs is 10. The first-order chi connectivity index (χ1) is 39.9. The van der Waals surface area contributed by atoms with Crippen LogP contribution in [0.25, 0.3) is 65.3 Å². The summed E-state index contributed by atoms with van der Waals surface area (Å²) in [5, 5.41) is 13.7. The Kier molecular flexibility index (Phi) is 12.7. The van der Waals surface area contributed by atoms with E-state index in [4.69, 9.17) is 5.73 Å². The zero-order chi connectivity index (χ0) is 54.3. The molecule has 3 N–H and O–H groups in total. The van der Waals surface area contributed by atoms with E-state index in [1.165, 1.54) is 110 Å². The second-order valence-corrected chi connectivity index (χ2v) is 22.1. The Hall–Kier alpha value is -9.80. The smallest absolute Gasteiger partial charge is 0.0714 e. The summed E-state index contributed by atoms with van der Waals surface area (Å²) in [5.74, 6) is 0. The van der Waals surface area contributed by atoms with E-state index in [2.05, 4.69) is 306 Å². The Balaban J connectivity index is 0.000000126. The topological polar surface area (TPSA) is 38.0 Å². The molecule has 0 saturated heterocycles. The number of nitrogens with two attached hydrogens (primary N) is 1. The molecule has 2 nitrogen and oxygen atoms in total. The maximum absolute atomic E-state index is 5.62. The van der Waals surface area contributed by atoms with Crippen LogP contribution in [0.2, 0.25) is 0 Å². The van der Waals surface area contributed by atoms with Crippen LogP contribution in [0.15, 0.2) is 320 Å². The number of anilines is 3. The van der Waals surface area contributed by atoms with Crippen molar-refractivity contribution in [2.45, 2.75) is 10.8 Å². The summed E-state index contributed by atoms with van der Waals surface area (Å²) >= 11 is 3.75. The van der Waals surface area contributed by atoms with Crippen LogP contribution in [0.1, 0.15) is 44.5 Å². The van der Waals surface area contributed by atoms with E-state index in [1.807, 2.05) is 30.3 Å². The Morgan fingerprint density at radius 3 is 1.02 bits per heavy atom. The van der Waals surface area contributed by atoms with Gasteiger partial charge in [-0.3, -0.25) is 0 Å². The molecule has 0 radical (unpaired) electrons. The Morgan fingerprint density at radius 2 is 0.568 bits per heavy atom. The van der Waals surface area contributed by atoms with Gasteiger partial charge in [-0.2, -0.15) is 0 Å². The average molecular weight is 1100 g/mol. The summed E-state index contributed by atoms with van der Waals surface area (Å²) in [6.45, 7) is 0. The molecule has 14 aromatic rings. The van der Waals surface area contributed by atoms with Crippen molar-refractivity contribution in [3.63, 3.8) is 0 Å². The first-order valence-electron chi connectivity index (χ1n) is 27.7. The van der Waals surface area contributed by atoms with Crippen molar-refractivity contribution in [3.05, 3.63) is 364 Å². The van der Waals surface area contributed by atoms with Gasteiger partial charge in [-0.1, -0.05) is 259 Å². The lowest BCUT2D eigenvalue weighted by Crippen LogP contribution is -2.28. The van der Waals surface area contributed by atoms with Gasteiger partial charge in [0.25, 0.3) is 0 Å². The van der Waals surface area contributed by atoms with E-state index in [-0.39, 0.29) is 5.41 Å². The molecule has 0 atom stereocenters. The monoisotopic (exact) mass is 1100 g/mol. The molecule has 0 heterocycles. The van der Waals surface area contributed by atoms with Crippen LogP contribution in [0, 0.1) is 0 Å². The van der Waals surface area contributed by atoms with Crippen molar-refractivity contribution in [1.29, 1.82) is 0 Å². The maximum Gasteiger partial charge on any atom is 0.0714 e. The van der Waals surface area contributed by atoms with Crippen LogP contribution >= 0.6 is 15.9 Å². The van der Waals surface area contributed by atoms with Crippen LogP contribution in [-0.2, 0) is 10.8 Å². The molecule has 81 heavy (non-hydrogen) atoms. The summed E-state index contributed by atoms with van der Waals surface area (Å²) < 4.78 is 1.11. The zero-order valence-corrected chi connectivity index (χ0v) is 46.1. The van der Waals surface area contributed by atoms with Gasteiger partial charge in [0, 0.05) is 21.5 Å². The third-order valence-corrected chi connectivity index (χ3v) is 17.1. The third kappa shape index (κ3) is 8.66. The van der Waals surface area contributed by atoms with Crippen molar-refractivity contribution in [2.75, 3.05) is 11.1 Å². The van der Waals surface area contributed by atoms with Gasteiger partial charge < -0.3 is 11.1 Å². The van der Waals surface area contributed by atoms with Gasteiger partial charge >= 0.3 is 0 Å². The van der Waals surface area contributed by atoms with E-state index < -0.39 is 5.41 Å². The molecule has 0 amide bonds. The van der Waals surface area contributed by atoms with Crippen molar-refractivity contribution in [3.8, 4) is 22.3 Å². The Morgan fingerprint density at radius 1 is 0.247 bits per heavy atom. The summed E-state index contributed by atoms with van der Waals surface area (Å²) in [6.07, 6.45) is 0. The van der Waals surface area contributed by atoms with E-state index in [0.717, 1.165) is 21.5 Å². The minimum atomic E-state index is -0.432. The second kappa shape index (κ2) is 20.8. The van der Waals surface area contributed by atoms with Gasteiger partial charge in [-0.15, -0.1) is 0 Å². The first kappa shape index (κ1) is 49.5. The normalized spacial score (nSPS) is 13.0. The summed E-state index contributed by atoms with van der Waals surface area (Å²) in [6, 6.07) is 114. The fourth-order valence-electron chi connectivity index (χ4n) is 13.0. The highest BCUT2D eigenvalue weighted by Gasteiger charge is 2.48. The van der Waals surface area contributed by atoms with Gasteiger partial charge in [0.1, 0.15) is 0 Å². The third-order valence-electron chi connectivity index (χ3n) is 16.6. The minimum Gasteiger partial charge on any atom is -0.399 e. The van der Waals surface area contributed by atoms with Gasteiger partial charge in [0.05, 0.1) is 10.8 Å². The van der Waals surface area contributed by atoms with Crippen molar-refractivity contribution >= 4 is 76.1 Å². The fourth-order valence-corrected chi connectivity index (χ4v) is 13.4. The lowest BCUT2D eigenvalue weighted by Gasteiger charge is -2.34. The van der Waals surface area contributed by atoms with Crippen LogP contribution in [0.3, 0.4) is 0 Å². The molecule has 2 aliphatic carbocycles. The van der Waals surface area contributed by atoms with E-state index in [1.54, 1.807) is 0 Å². The van der Waals surface area contributed by atoms with Crippen LogP contribution in [0.4, 0.5) is 17.1 Å². The van der Waals surface area contributed by atoms with Gasteiger partial charge in [-0.25, -0.2) is 0 Å². The standard InChI is InChI=1S/C39H27N.C29H19Br.C10H9N/c1-3-15-31(16-4-1)39(32-17-5-2-6-18-32)37-25-30-14-10-9-13-29(30)24-36(37)35-22-21-34(26-38(35)39)40-33-20-19-27-11-7-8-12-28(27)23-33;30-24-15-16-25-26-17-20-9-7-8-10-21(20)18-27(26)29(28(25)19-24,22-11-3-1-4-12-22)23-13-5-2-6-14-23;11-10-6-5-8-3-1-2-4-9(8)7-10/h1-26,40H;1-19H;1-7H,11H2. The van der Waals surface area contributed by atoms with Crippen LogP contribution < -0.4 is 11.1 Å². The van der Waals surface area contributed by atoms with E-state index >= 15 is 0 Å². The SMILES string of the molecule is Brc1ccc2c(c1)C(c1ccccc1)(c1ccccc1)c1cc3ccccc3cc1-2.Nc1ccc2ccccc2c1.c1ccc(C2(c3ccccc3)c3cc(Nc4ccc5ccccc5c4)ccc3-c3cc4ccccc4cc32)cc1. The first-order valence-corrected chi connectivity index (χ1v) is 28.5. The Bertz CT molecular complexity index is 4550. The number of halogens is 1. The second-order valence-electron chi connectivity index (χ2n) is 21.2. The Labute approximate surface area is 481 Å². The molecule has 0 unspecified atom stereocenters. The summed E-state index contributed by atoms with van der Waals surface area (Å²) in [4.78, 5) is 0. The van der Waals surface area contributed by atoms with Gasteiger partial charge in [0.15, 0.2) is 0 Å². The molecule has 384 valence electrons. The highest BCUT2D eigenvalue weighted by atomic mass is 79.9. The molecule has 3 heteroatoms. The summed E-state index contributed by atoms with van der Waals surface area (Å²) in [5.41, 5.74) is 23.5. The molecule has 0 aromatic heterocycles. The number of nitrogen functional groups attached to an aromatic ring is 1. The quantitative estimate of drug-likeness (QED) is 0.163. The van der Waals surface area contributed by atoms with E-state index in [0.29, 0.717) is 0 Å². The predicted octanol–water partition coefficient (Wildman–Crippen LogP) is 20.5. The molecule has 0 fully saturated rings. The largest absolute Gasteiger partial charge is 0.399 e. The molecule has 0 spiro atoms. The lowest BCUT2D eigenvalue weighted by atomic mass is 9.67. The van der Waals surface area contributed by atoms with E-state index in [9.17, 15) is 0 Å². The number of hydrogen-bond acceptors (Lipinski definition) is 2. The molecule has 0 saturated carbocycles. The number of benzene rings is 14. The highest BCUT2D eigenvalue weighted by molar-refractivity contribution is 9.10. The zero-order valence-electron chi connectivity index (χ0n) is 44.5. The lowest BCUT2D eigenvalue weighted by molar-refractivity contribution is 0.769. The molecule has 2 aliphatic rings.